The van der Waals surface area contributed by atoms with E-state index in [9.17, 15) is 13.2 Å². The van der Waals surface area contributed by atoms with Gasteiger partial charge in [0.05, 0.1) is 0 Å². The molecule has 1 heterocycles. The zero-order valence-electron chi connectivity index (χ0n) is 12.6. The van der Waals surface area contributed by atoms with Crippen LogP contribution >= 0.6 is 0 Å². The van der Waals surface area contributed by atoms with Gasteiger partial charge in [-0.3, -0.25) is 0 Å². The van der Waals surface area contributed by atoms with Crippen molar-refractivity contribution in [1.82, 2.24) is 9.97 Å². The Morgan fingerprint density at radius 1 is 1.24 bits per heavy atom. The Hall–Kier alpha value is -1.53. The zero-order valence-corrected chi connectivity index (χ0v) is 12.6. The van der Waals surface area contributed by atoms with Gasteiger partial charge in [-0.15, -0.1) is 0 Å². The van der Waals surface area contributed by atoms with E-state index in [1.807, 2.05) is 13.8 Å². The van der Waals surface area contributed by atoms with Crippen LogP contribution in [0, 0.1) is 6.92 Å². The van der Waals surface area contributed by atoms with E-state index < -0.39 is 12.7 Å². The second-order valence-corrected chi connectivity index (χ2v) is 5.30. The van der Waals surface area contributed by atoms with Gasteiger partial charge in [0, 0.05) is 24.6 Å². The molecule has 0 aliphatic heterocycles. The molecule has 0 bridgehead atoms. The van der Waals surface area contributed by atoms with Gasteiger partial charge in [-0.05, 0) is 26.7 Å². The third kappa shape index (κ3) is 3.98. The lowest BCUT2D eigenvalue weighted by atomic mass is 10.2. The lowest BCUT2D eigenvalue weighted by Gasteiger charge is -2.27. The van der Waals surface area contributed by atoms with Crippen LogP contribution in [0.15, 0.2) is 0 Å². The first-order chi connectivity index (χ1) is 9.85. The standard InChI is InChI=1S/C14H21F3N4/c1-4-11-19-12(18-5-2)9(3)13(20-11)21(10-6-7-10)8-14(15,16)17/h10H,4-8H2,1-3H3,(H,18,19,20). The highest BCUT2D eigenvalue weighted by Crippen LogP contribution is 2.36. The predicted molar refractivity (Wildman–Crippen MR) is 76.7 cm³/mol. The van der Waals surface area contributed by atoms with E-state index in [1.54, 1.807) is 6.92 Å². The molecular weight excluding hydrogens is 281 g/mol. The minimum atomic E-state index is -4.23. The number of nitrogens with one attached hydrogen (secondary N) is 1. The van der Waals surface area contributed by atoms with Crippen LogP contribution in [0.3, 0.4) is 0 Å². The Labute approximate surface area is 122 Å². The van der Waals surface area contributed by atoms with Gasteiger partial charge in [-0.2, -0.15) is 13.2 Å². The molecule has 0 radical (unpaired) electrons. The summed E-state index contributed by atoms with van der Waals surface area (Å²) in [7, 11) is 0. The number of halogens is 3. The third-order valence-electron chi connectivity index (χ3n) is 3.44. The number of hydrogen-bond acceptors (Lipinski definition) is 4. The molecule has 0 aromatic carbocycles. The van der Waals surface area contributed by atoms with Crippen LogP contribution in [0.25, 0.3) is 0 Å². The first-order valence-corrected chi connectivity index (χ1v) is 7.30. The minimum absolute atomic E-state index is 0.0561. The smallest absolute Gasteiger partial charge is 0.370 e. The van der Waals surface area contributed by atoms with Crippen LogP contribution in [0.4, 0.5) is 24.8 Å². The van der Waals surface area contributed by atoms with E-state index in [0.717, 1.165) is 12.8 Å². The number of hydrogen-bond donors (Lipinski definition) is 1. The average molecular weight is 302 g/mol. The first kappa shape index (κ1) is 15.9. The summed E-state index contributed by atoms with van der Waals surface area (Å²) in [4.78, 5) is 10.1. The molecule has 1 fully saturated rings. The van der Waals surface area contributed by atoms with Crippen molar-refractivity contribution < 1.29 is 13.2 Å². The molecule has 21 heavy (non-hydrogen) atoms. The Morgan fingerprint density at radius 3 is 2.38 bits per heavy atom. The molecule has 1 saturated carbocycles. The van der Waals surface area contributed by atoms with Crippen molar-refractivity contribution in [2.45, 2.75) is 52.3 Å². The molecule has 7 heteroatoms. The van der Waals surface area contributed by atoms with Crippen molar-refractivity contribution >= 4 is 11.6 Å². The maximum Gasteiger partial charge on any atom is 0.405 e. The molecule has 0 atom stereocenters. The summed E-state index contributed by atoms with van der Waals surface area (Å²) in [6, 6.07) is -0.0561. The lowest BCUT2D eigenvalue weighted by molar-refractivity contribution is -0.120. The average Bonchev–Trinajstić information content (AvgIpc) is 3.22. The highest BCUT2D eigenvalue weighted by atomic mass is 19.4. The molecule has 1 N–H and O–H groups in total. The van der Waals surface area contributed by atoms with Crippen molar-refractivity contribution in [3.8, 4) is 0 Å². The van der Waals surface area contributed by atoms with Crippen molar-refractivity contribution in [2.24, 2.45) is 0 Å². The summed E-state index contributed by atoms with van der Waals surface area (Å²) in [5.74, 6) is 1.61. The fourth-order valence-corrected chi connectivity index (χ4v) is 2.28. The zero-order chi connectivity index (χ0) is 15.6. The Bertz CT molecular complexity index is 498. The Kier molecular flexibility index (Phi) is 4.58. The van der Waals surface area contributed by atoms with E-state index in [2.05, 4.69) is 15.3 Å². The summed E-state index contributed by atoms with van der Waals surface area (Å²) >= 11 is 0. The van der Waals surface area contributed by atoms with Gasteiger partial charge in [0.2, 0.25) is 0 Å². The number of rotatable bonds is 6. The Balaban J connectivity index is 2.40. The quantitative estimate of drug-likeness (QED) is 0.875. The molecule has 2 rings (SSSR count). The molecule has 0 amide bonds. The third-order valence-corrected chi connectivity index (χ3v) is 3.44. The van der Waals surface area contributed by atoms with Gasteiger partial charge < -0.3 is 10.2 Å². The van der Waals surface area contributed by atoms with Crippen molar-refractivity contribution in [3.05, 3.63) is 11.4 Å². The van der Waals surface area contributed by atoms with Crippen molar-refractivity contribution in [1.29, 1.82) is 0 Å². The van der Waals surface area contributed by atoms with Crippen molar-refractivity contribution in [2.75, 3.05) is 23.3 Å². The summed E-state index contributed by atoms with van der Waals surface area (Å²) in [5.41, 5.74) is 0.685. The molecule has 1 aliphatic rings. The summed E-state index contributed by atoms with van der Waals surface area (Å²) in [6.45, 7) is 5.32. The Morgan fingerprint density at radius 2 is 1.90 bits per heavy atom. The van der Waals surface area contributed by atoms with Gasteiger partial charge in [0.1, 0.15) is 24.0 Å². The molecule has 0 saturated heterocycles. The van der Waals surface area contributed by atoms with E-state index in [4.69, 9.17) is 0 Å². The fourth-order valence-electron chi connectivity index (χ4n) is 2.28. The highest BCUT2D eigenvalue weighted by molar-refractivity contribution is 5.59. The maximum absolute atomic E-state index is 12.8. The normalized spacial score (nSPS) is 15.1. The topological polar surface area (TPSA) is 41.1 Å². The van der Waals surface area contributed by atoms with Crippen LogP contribution in [0.1, 0.15) is 38.1 Å². The van der Waals surface area contributed by atoms with Crippen LogP contribution in [0.5, 0.6) is 0 Å². The summed E-state index contributed by atoms with van der Waals surface area (Å²) in [5, 5.41) is 3.11. The summed E-state index contributed by atoms with van der Waals surface area (Å²) in [6.07, 6.45) is -2.06. The highest BCUT2D eigenvalue weighted by Gasteiger charge is 2.39. The molecule has 0 spiro atoms. The largest absolute Gasteiger partial charge is 0.405 e. The number of aromatic nitrogens is 2. The van der Waals surface area contributed by atoms with Gasteiger partial charge >= 0.3 is 6.18 Å². The number of nitrogens with zero attached hydrogens (tertiary/aromatic N) is 3. The van der Waals surface area contributed by atoms with Gasteiger partial charge in [0.15, 0.2) is 0 Å². The number of alkyl halides is 3. The predicted octanol–water partition coefficient (Wildman–Crippen LogP) is 3.31. The van der Waals surface area contributed by atoms with E-state index >= 15 is 0 Å². The molecule has 0 unspecified atom stereocenters. The molecule has 1 aromatic heterocycles. The van der Waals surface area contributed by atoms with E-state index in [1.165, 1.54) is 4.90 Å². The van der Waals surface area contributed by atoms with E-state index in [-0.39, 0.29) is 6.04 Å². The molecular formula is C14H21F3N4. The molecule has 1 aromatic rings. The van der Waals surface area contributed by atoms with E-state index in [0.29, 0.717) is 36.0 Å². The molecule has 1 aliphatic carbocycles. The van der Waals surface area contributed by atoms with Crippen LogP contribution in [0.2, 0.25) is 0 Å². The minimum Gasteiger partial charge on any atom is -0.370 e. The lowest BCUT2D eigenvalue weighted by Crippen LogP contribution is -2.37. The number of anilines is 2. The first-order valence-electron chi connectivity index (χ1n) is 7.30. The van der Waals surface area contributed by atoms with Gasteiger partial charge in [-0.1, -0.05) is 6.92 Å². The van der Waals surface area contributed by atoms with Crippen molar-refractivity contribution in [3.63, 3.8) is 0 Å². The SMILES string of the molecule is CCNc1nc(CC)nc(N(CC(F)(F)F)C2CC2)c1C. The van der Waals surface area contributed by atoms with Crippen LogP contribution in [-0.2, 0) is 6.42 Å². The van der Waals surface area contributed by atoms with Gasteiger partial charge in [0.25, 0.3) is 0 Å². The molecule has 4 nitrogen and oxygen atoms in total. The maximum atomic E-state index is 12.8. The monoisotopic (exact) mass is 302 g/mol. The van der Waals surface area contributed by atoms with Gasteiger partial charge in [-0.25, -0.2) is 9.97 Å². The summed E-state index contributed by atoms with van der Waals surface area (Å²) < 4.78 is 38.5. The second kappa shape index (κ2) is 6.07. The fraction of sp³-hybridized carbons (Fsp3) is 0.714. The van der Waals surface area contributed by atoms with Crippen LogP contribution in [-0.4, -0.2) is 35.3 Å². The number of aryl methyl sites for hydroxylation is 1. The van der Waals surface area contributed by atoms with Crippen LogP contribution < -0.4 is 10.2 Å². The second-order valence-electron chi connectivity index (χ2n) is 5.30. The molecule has 118 valence electrons.